The fraction of sp³-hybridized carbons (Fsp3) is 0.571. The fourth-order valence-corrected chi connectivity index (χ4v) is 2.57. The summed E-state index contributed by atoms with van der Waals surface area (Å²) < 4.78 is 31.2. The normalized spacial score (nSPS) is 42.7. The van der Waals surface area contributed by atoms with Crippen LogP contribution in [0.5, 0.6) is 0 Å². The molecule has 104 valence electrons. The van der Waals surface area contributed by atoms with Crippen LogP contribution in [0.3, 0.4) is 0 Å². The fourth-order valence-electron chi connectivity index (χ4n) is 2.57. The number of hydrogen-bond acceptors (Lipinski definition) is 4. The Bertz CT molecular complexity index is 428. The van der Waals surface area contributed by atoms with Crippen LogP contribution in [-0.2, 0) is 14.2 Å². The zero-order valence-electron chi connectivity index (χ0n) is 10.7. The van der Waals surface area contributed by atoms with Gasteiger partial charge in [-0.2, -0.15) is 0 Å². The molecule has 2 N–H and O–H groups in total. The predicted octanol–water partition coefficient (Wildman–Crippen LogP) is 1.55. The Balaban J connectivity index is 1.75. The maximum atomic E-state index is 14.3. The summed E-state index contributed by atoms with van der Waals surface area (Å²) in [7, 11) is 0. The summed E-state index contributed by atoms with van der Waals surface area (Å²) in [5.41, 5.74) is 6.67. The second kappa shape index (κ2) is 5.17. The standard InChI is InChI=1S/C14H18FNO3/c1-8-12(16)11(15)13-10(18-8)7-17-14(19-13)9-5-3-2-4-6-9/h2-6,8,10-14H,7,16H2,1H3/t8-,10+,11+,12-,13+,14?/m0/s1. The first-order valence-corrected chi connectivity index (χ1v) is 6.54. The van der Waals surface area contributed by atoms with Gasteiger partial charge in [-0.05, 0) is 6.92 Å². The van der Waals surface area contributed by atoms with Gasteiger partial charge in [-0.15, -0.1) is 0 Å². The van der Waals surface area contributed by atoms with Crippen LogP contribution in [0.1, 0.15) is 18.8 Å². The largest absolute Gasteiger partial charge is 0.368 e. The van der Waals surface area contributed by atoms with E-state index in [2.05, 4.69) is 0 Å². The minimum Gasteiger partial charge on any atom is -0.368 e. The molecule has 1 aromatic rings. The molecule has 3 rings (SSSR count). The maximum Gasteiger partial charge on any atom is 0.184 e. The quantitative estimate of drug-likeness (QED) is 0.839. The number of hydrogen-bond donors (Lipinski definition) is 1. The van der Waals surface area contributed by atoms with Crippen molar-refractivity contribution in [3.8, 4) is 0 Å². The smallest absolute Gasteiger partial charge is 0.184 e. The summed E-state index contributed by atoms with van der Waals surface area (Å²) in [6.45, 7) is 2.10. The van der Waals surface area contributed by atoms with Gasteiger partial charge in [0, 0.05) is 5.56 Å². The van der Waals surface area contributed by atoms with Crippen LogP contribution in [0, 0.1) is 0 Å². The van der Waals surface area contributed by atoms with E-state index >= 15 is 0 Å². The molecule has 0 aromatic heterocycles. The highest BCUT2D eigenvalue weighted by Crippen LogP contribution is 2.34. The third-order valence-corrected chi connectivity index (χ3v) is 3.74. The average Bonchev–Trinajstić information content (AvgIpc) is 2.46. The van der Waals surface area contributed by atoms with Gasteiger partial charge in [0.2, 0.25) is 0 Å². The molecule has 2 aliphatic heterocycles. The number of benzene rings is 1. The minimum absolute atomic E-state index is 0.321. The van der Waals surface area contributed by atoms with E-state index in [1.165, 1.54) is 0 Å². The SMILES string of the molecule is C[C@@H]1O[C@@H]2COC(c3ccccc3)O[C@H]2[C@H](F)[C@H]1N. The summed E-state index contributed by atoms with van der Waals surface area (Å²) in [6, 6.07) is 8.83. The molecule has 0 aliphatic carbocycles. The molecule has 4 nitrogen and oxygen atoms in total. The van der Waals surface area contributed by atoms with Crippen LogP contribution in [0.2, 0.25) is 0 Å². The molecule has 0 bridgehead atoms. The van der Waals surface area contributed by atoms with Crippen molar-refractivity contribution >= 4 is 0 Å². The first kappa shape index (κ1) is 13.0. The van der Waals surface area contributed by atoms with E-state index in [9.17, 15) is 4.39 Å². The predicted molar refractivity (Wildman–Crippen MR) is 67.2 cm³/mol. The molecule has 0 amide bonds. The van der Waals surface area contributed by atoms with E-state index in [0.717, 1.165) is 5.56 Å². The number of halogens is 1. The molecule has 2 fully saturated rings. The maximum absolute atomic E-state index is 14.3. The minimum atomic E-state index is -1.23. The van der Waals surface area contributed by atoms with E-state index in [1.807, 2.05) is 30.3 Å². The third-order valence-electron chi connectivity index (χ3n) is 3.74. The topological polar surface area (TPSA) is 53.7 Å². The zero-order chi connectivity index (χ0) is 13.4. The molecule has 1 aromatic carbocycles. The second-order valence-corrected chi connectivity index (χ2v) is 5.08. The van der Waals surface area contributed by atoms with Crippen LogP contribution in [0.25, 0.3) is 0 Å². The van der Waals surface area contributed by atoms with Gasteiger partial charge in [-0.1, -0.05) is 30.3 Å². The molecule has 6 atom stereocenters. The van der Waals surface area contributed by atoms with Gasteiger partial charge >= 0.3 is 0 Å². The van der Waals surface area contributed by atoms with Crippen molar-refractivity contribution in [2.45, 2.75) is 43.7 Å². The van der Waals surface area contributed by atoms with Crippen molar-refractivity contribution in [1.29, 1.82) is 0 Å². The molecule has 0 radical (unpaired) electrons. The van der Waals surface area contributed by atoms with Crippen LogP contribution in [0.15, 0.2) is 30.3 Å². The molecular weight excluding hydrogens is 249 g/mol. The molecule has 0 spiro atoms. The highest BCUT2D eigenvalue weighted by Gasteiger charge is 2.47. The second-order valence-electron chi connectivity index (χ2n) is 5.08. The van der Waals surface area contributed by atoms with Crippen LogP contribution >= 0.6 is 0 Å². The van der Waals surface area contributed by atoms with Crippen molar-refractivity contribution in [2.75, 3.05) is 6.61 Å². The van der Waals surface area contributed by atoms with Crippen LogP contribution in [0.4, 0.5) is 4.39 Å². The summed E-state index contributed by atoms with van der Waals surface area (Å²) in [6.07, 6.45) is -3.15. The van der Waals surface area contributed by atoms with Gasteiger partial charge in [0.1, 0.15) is 18.4 Å². The summed E-state index contributed by atoms with van der Waals surface area (Å²) >= 11 is 0. The molecule has 2 saturated heterocycles. The molecule has 5 heteroatoms. The van der Waals surface area contributed by atoms with E-state index in [0.29, 0.717) is 6.61 Å². The number of fused-ring (bicyclic) bond motifs is 1. The summed E-state index contributed by atoms with van der Waals surface area (Å²) in [4.78, 5) is 0. The molecule has 1 unspecified atom stereocenters. The van der Waals surface area contributed by atoms with Crippen molar-refractivity contribution in [2.24, 2.45) is 5.73 Å². The number of rotatable bonds is 1. The summed E-state index contributed by atoms with van der Waals surface area (Å²) in [5, 5.41) is 0. The molecule has 0 saturated carbocycles. The number of ether oxygens (including phenoxy) is 3. The van der Waals surface area contributed by atoms with E-state index in [4.69, 9.17) is 19.9 Å². The Labute approximate surface area is 111 Å². The van der Waals surface area contributed by atoms with Gasteiger partial charge in [0.25, 0.3) is 0 Å². The molecular formula is C14H18FNO3. The monoisotopic (exact) mass is 267 g/mol. The van der Waals surface area contributed by atoms with E-state index < -0.39 is 24.6 Å². The Morgan fingerprint density at radius 2 is 1.95 bits per heavy atom. The number of alkyl halides is 1. The van der Waals surface area contributed by atoms with E-state index in [1.54, 1.807) is 6.92 Å². The van der Waals surface area contributed by atoms with Crippen LogP contribution in [-0.4, -0.2) is 37.1 Å². The zero-order valence-corrected chi connectivity index (χ0v) is 10.7. The molecule has 2 aliphatic rings. The van der Waals surface area contributed by atoms with Crippen LogP contribution < -0.4 is 5.73 Å². The lowest BCUT2D eigenvalue weighted by Gasteiger charge is -2.45. The lowest BCUT2D eigenvalue weighted by Crippen LogP contribution is -2.62. The van der Waals surface area contributed by atoms with Gasteiger partial charge in [0.15, 0.2) is 6.29 Å². The van der Waals surface area contributed by atoms with Gasteiger partial charge < -0.3 is 19.9 Å². The average molecular weight is 267 g/mol. The van der Waals surface area contributed by atoms with Crippen molar-refractivity contribution in [3.63, 3.8) is 0 Å². The third kappa shape index (κ3) is 2.39. The lowest BCUT2D eigenvalue weighted by atomic mass is 9.94. The molecule has 19 heavy (non-hydrogen) atoms. The van der Waals surface area contributed by atoms with Crippen molar-refractivity contribution < 1.29 is 18.6 Å². The Morgan fingerprint density at radius 1 is 1.21 bits per heavy atom. The first-order chi connectivity index (χ1) is 9.16. The first-order valence-electron chi connectivity index (χ1n) is 6.54. The van der Waals surface area contributed by atoms with Crippen molar-refractivity contribution in [1.82, 2.24) is 0 Å². The van der Waals surface area contributed by atoms with Gasteiger partial charge in [-0.25, -0.2) is 4.39 Å². The Morgan fingerprint density at radius 3 is 2.68 bits per heavy atom. The van der Waals surface area contributed by atoms with Crippen molar-refractivity contribution in [3.05, 3.63) is 35.9 Å². The summed E-state index contributed by atoms with van der Waals surface area (Å²) in [5.74, 6) is 0. The molecule has 2 heterocycles. The van der Waals surface area contributed by atoms with Gasteiger partial charge in [-0.3, -0.25) is 0 Å². The van der Waals surface area contributed by atoms with Gasteiger partial charge in [0.05, 0.1) is 18.8 Å². The Kier molecular flexibility index (Phi) is 3.54. The highest BCUT2D eigenvalue weighted by molar-refractivity contribution is 5.16. The van der Waals surface area contributed by atoms with E-state index in [-0.39, 0.29) is 12.2 Å². The Hall–Kier alpha value is -1.01. The lowest BCUT2D eigenvalue weighted by molar-refractivity contribution is -0.304. The number of nitrogens with two attached hydrogens (primary N) is 1. The highest BCUT2D eigenvalue weighted by atomic mass is 19.1.